The maximum atomic E-state index is 13.3. The molecule has 0 saturated carbocycles. The average molecular weight is 655 g/mol. The first kappa shape index (κ1) is 32.8. The summed E-state index contributed by atoms with van der Waals surface area (Å²) in [7, 11) is 0. The summed E-state index contributed by atoms with van der Waals surface area (Å²) in [6.45, 7) is 0. The summed E-state index contributed by atoms with van der Waals surface area (Å²) < 4.78 is 39.1. The molecule has 0 bridgehead atoms. The van der Waals surface area contributed by atoms with E-state index in [1.807, 2.05) is 0 Å². The first-order valence-corrected chi connectivity index (χ1v) is 14.3. The molecule has 0 unspecified atom stereocenters. The first-order valence-electron chi connectivity index (χ1n) is 12.9. The monoisotopic (exact) mass is 654 g/mol. The summed E-state index contributed by atoms with van der Waals surface area (Å²) >= 11 is 7.01. The van der Waals surface area contributed by atoms with Crippen LogP contribution in [-0.2, 0) is 15.8 Å². The minimum absolute atomic E-state index is 0.0528. The zero-order chi connectivity index (χ0) is 32.6. The fourth-order valence-corrected chi connectivity index (χ4v) is 4.72. The van der Waals surface area contributed by atoms with Crippen molar-refractivity contribution >= 4 is 64.2 Å². The van der Waals surface area contributed by atoms with Gasteiger partial charge in [-0.2, -0.15) is 13.2 Å². The Kier molecular flexibility index (Phi) is 10.6. The number of alkyl halides is 3. The molecule has 0 atom stereocenters. The summed E-state index contributed by atoms with van der Waals surface area (Å²) in [5.74, 6) is -2.04. The summed E-state index contributed by atoms with van der Waals surface area (Å²) in [5, 5.41) is 18.6. The van der Waals surface area contributed by atoms with Crippen molar-refractivity contribution < 1.29 is 32.5 Å². The molecular weight excluding hydrogens is 633 g/mol. The molecule has 0 spiro atoms. The van der Waals surface area contributed by atoms with Crippen LogP contribution in [-0.4, -0.2) is 28.4 Å². The zero-order valence-corrected chi connectivity index (χ0v) is 24.5. The molecule has 45 heavy (non-hydrogen) atoms. The van der Waals surface area contributed by atoms with Crippen molar-refractivity contribution in [3.05, 3.63) is 135 Å². The molecule has 0 aliphatic heterocycles. The first-order chi connectivity index (χ1) is 21.4. The van der Waals surface area contributed by atoms with Crippen molar-refractivity contribution in [1.29, 1.82) is 0 Å². The summed E-state index contributed by atoms with van der Waals surface area (Å²) in [6, 6.07) is 22.6. The van der Waals surface area contributed by atoms with E-state index < -0.39 is 34.4 Å². The van der Waals surface area contributed by atoms with Gasteiger partial charge in [-0.25, -0.2) is 0 Å². The third-order valence-electron chi connectivity index (χ3n) is 5.97. The van der Waals surface area contributed by atoms with E-state index in [9.17, 15) is 37.7 Å². The molecule has 14 heteroatoms. The minimum atomic E-state index is -4.61. The standard InChI is InChI=1S/C31H22ClF3N4O5S/c32-25-14-11-21(31(33,34)35)16-26(25)37-28(40)18-45-24-8-4-7-22(17-24)36-30(42)27(38-29(41)20-5-2-1-3-6-20)15-19-9-12-23(13-10-19)39(43)44/h1-17H,18H2,(H,36,42)(H,37,40)(H,38,41)/b27-15+. The van der Waals surface area contributed by atoms with Gasteiger partial charge in [0.25, 0.3) is 17.5 Å². The van der Waals surface area contributed by atoms with Crippen LogP contribution in [0.4, 0.5) is 30.2 Å². The van der Waals surface area contributed by atoms with Gasteiger partial charge in [0.05, 0.1) is 26.9 Å². The van der Waals surface area contributed by atoms with Crippen molar-refractivity contribution in [3.63, 3.8) is 0 Å². The molecule has 0 aliphatic rings. The lowest BCUT2D eigenvalue weighted by atomic mass is 10.1. The highest BCUT2D eigenvalue weighted by molar-refractivity contribution is 8.00. The summed E-state index contributed by atoms with van der Waals surface area (Å²) in [6.07, 6.45) is -3.24. The van der Waals surface area contributed by atoms with Gasteiger partial charge in [0.1, 0.15) is 5.70 Å². The fourth-order valence-electron chi connectivity index (χ4n) is 3.80. The number of hydrogen-bond acceptors (Lipinski definition) is 6. The Morgan fingerprint density at radius 3 is 2.27 bits per heavy atom. The van der Waals surface area contributed by atoms with Crippen LogP contribution in [0.3, 0.4) is 0 Å². The number of anilines is 2. The van der Waals surface area contributed by atoms with Crippen LogP contribution in [0.1, 0.15) is 21.5 Å². The van der Waals surface area contributed by atoms with E-state index in [4.69, 9.17) is 11.6 Å². The van der Waals surface area contributed by atoms with E-state index in [0.29, 0.717) is 21.7 Å². The van der Waals surface area contributed by atoms with Crippen LogP contribution < -0.4 is 16.0 Å². The number of amides is 3. The van der Waals surface area contributed by atoms with E-state index in [1.165, 1.54) is 30.3 Å². The van der Waals surface area contributed by atoms with Crippen molar-refractivity contribution in [2.75, 3.05) is 16.4 Å². The Hall–Kier alpha value is -5.14. The highest BCUT2D eigenvalue weighted by Crippen LogP contribution is 2.34. The van der Waals surface area contributed by atoms with Crippen molar-refractivity contribution in [2.45, 2.75) is 11.1 Å². The highest BCUT2D eigenvalue weighted by Gasteiger charge is 2.31. The number of non-ortho nitro benzene ring substituents is 1. The molecule has 9 nitrogen and oxygen atoms in total. The average Bonchev–Trinajstić information content (AvgIpc) is 3.01. The van der Waals surface area contributed by atoms with Gasteiger partial charge in [0, 0.05) is 28.3 Å². The molecule has 4 aromatic carbocycles. The highest BCUT2D eigenvalue weighted by atomic mass is 35.5. The quantitative estimate of drug-likeness (QED) is 0.0707. The smallest absolute Gasteiger partial charge is 0.324 e. The molecule has 0 fully saturated rings. The van der Waals surface area contributed by atoms with Crippen molar-refractivity contribution in [1.82, 2.24) is 5.32 Å². The molecule has 0 aliphatic carbocycles. The third kappa shape index (κ3) is 9.42. The summed E-state index contributed by atoms with van der Waals surface area (Å²) in [5.41, 5.74) is -0.406. The van der Waals surface area contributed by atoms with Gasteiger partial charge < -0.3 is 16.0 Å². The second-order valence-corrected chi connectivity index (χ2v) is 10.7. The number of nitro groups is 1. The topological polar surface area (TPSA) is 130 Å². The molecule has 4 aromatic rings. The Bertz CT molecular complexity index is 1770. The van der Waals surface area contributed by atoms with Gasteiger partial charge in [-0.3, -0.25) is 24.5 Å². The van der Waals surface area contributed by atoms with Crippen LogP contribution in [0.15, 0.2) is 108 Å². The lowest BCUT2D eigenvalue weighted by Crippen LogP contribution is -2.30. The van der Waals surface area contributed by atoms with E-state index in [0.717, 1.165) is 30.0 Å². The predicted octanol–water partition coefficient (Wildman–Crippen LogP) is 7.41. The Balaban J connectivity index is 1.46. The molecular formula is C31H22ClF3N4O5S. The van der Waals surface area contributed by atoms with Crippen LogP contribution >= 0.6 is 23.4 Å². The maximum absolute atomic E-state index is 13.3. The largest absolute Gasteiger partial charge is 0.416 e. The fraction of sp³-hybridized carbons (Fsp3) is 0.0645. The Morgan fingerprint density at radius 1 is 0.889 bits per heavy atom. The van der Waals surface area contributed by atoms with Gasteiger partial charge in [0.15, 0.2) is 0 Å². The maximum Gasteiger partial charge on any atom is 0.416 e. The van der Waals surface area contributed by atoms with E-state index in [-0.39, 0.29) is 27.8 Å². The number of rotatable bonds is 10. The number of carbonyl (C=O) groups is 3. The van der Waals surface area contributed by atoms with Gasteiger partial charge in [-0.15, -0.1) is 11.8 Å². The van der Waals surface area contributed by atoms with Crippen LogP contribution in [0.5, 0.6) is 0 Å². The molecule has 3 amide bonds. The lowest BCUT2D eigenvalue weighted by Gasteiger charge is -2.13. The Morgan fingerprint density at radius 2 is 1.60 bits per heavy atom. The van der Waals surface area contributed by atoms with Gasteiger partial charge in [-0.1, -0.05) is 35.9 Å². The molecule has 3 N–H and O–H groups in total. The number of hydrogen-bond donors (Lipinski definition) is 3. The number of benzene rings is 4. The minimum Gasteiger partial charge on any atom is -0.324 e. The lowest BCUT2D eigenvalue weighted by molar-refractivity contribution is -0.384. The van der Waals surface area contributed by atoms with Crippen molar-refractivity contribution in [3.8, 4) is 0 Å². The molecule has 0 heterocycles. The zero-order valence-electron chi connectivity index (χ0n) is 22.9. The van der Waals surface area contributed by atoms with Crippen LogP contribution in [0.2, 0.25) is 5.02 Å². The number of nitrogens with one attached hydrogen (secondary N) is 3. The number of carbonyl (C=O) groups excluding carboxylic acids is 3. The van der Waals surface area contributed by atoms with E-state index in [2.05, 4.69) is 16.0 Å². The number of nitro benzene ring substituents is 1. The molecule has 230 valence electrons. The second-order valence-electron chi connectivity index (χ2n) is 9.24. The van der Waals surface area contributed by atoms with E-state index >= 15 is 0 Å². The van der Waals surface area contributed by atoms with Gasteiger partial charge >= 0.3 is 6.18 Å². The number of nitrogens with zero attached hydrogens (tertiary/aromatic N) is 1. The van der Waals surface area contributed by atoms with Crippen LogP contribution in [0, 0.1) is 10.1 Å². The van der Waals surface area contributed by atoms with Crippen molar-refractivity contribution in [2.24, 2.45) is 0 Å². The predicted molar refractivity (Wildman–Crippen MR) is 166 cm³/mol. The third-order valence-corrected chi connectivity index (χ3v) is 7.30. The summed E-state index contributed by atoms with van der Waals surface area (Å²) in [4.78, 5) is 49.6. The number of halogens is 4. The SMILES string of the molecule is O=C(CSc1cccc(NC(=O)/C(=C\c2ccc([N+](=O)[O-])cc2)NC(=O)c2ccccc2)c1)Nc1cc(C(F)(F)F)ccc1Cl. The van der Waals surface area contributed by atoms with Crippen LogP contribution in [0.25, 0.3) is 6.08 Å². The molecule has 0 aromatic heterocycles. The van der Waals surface area contributed by atoms with Gasteiger partial charge in [0.2, 0.25) is 5.91 Å². The molecule has 4 rings (SSSR count). The second kappa shape index (κ2) is 14.6. The van der Waals surface area contributed by atoms with Gasteiger partial charge in [-0.05, 0) is 72.3 Å². The molecule has 0 saturated heterocycles. The normalized spacial score (nSPS) is 11.4. The van der Waals surface area contributed by atoms with E-state index in [1.54, 1.807) is 54.6 Å². The molecule has 0 radical (unpaired) electrons. The number of thioether (sulfide) groups is 1. The Labute approximate surface area is 263 Å².